The molecule has 3 N–H and O–H groups in total. The number of hydrogen-bond acceptors (Lipinski definition) is 5. The highest BCUT2D eigenvalue weighted by molar-refractivity contribution is 7.80. The smallest absolute Gasteiger partial charge is 0.180 e. The third kappa shape index (κ3) is 2.73. The molecule has 0 radical (unpaired) electrons. The van der Waals surface area contributed by atoms with Gasteiger partial charge in [-0.2, -0.15) is 0 Å². The van der Waals surface area contributed by atoms with Crippen molar-refractivity contribution in [1.29, 1.82) is 0 Å². The first-order chi connectivity index (χ1) is 10.8. The normalized spacial score (nSPS) is 14.0. The molecule has 4 rings (SSSR count). The fourth-order valence-electron chi connectivity index (χ4n) is 2.05. The van der Waals surface area contributed by atoms with Crippen LogP contribution in [0.2, 0.25) is 0 Å². The van der Waals surface area contributed by atoms with E-state index in [2.05, 4.69) is 35.6 Å². The summed E-state index contributed by atoms with van der Waals surface area (Å²) in [6, 6.07) is 4.21. The Balaban J connectivity index is 1.62. The Morgan fingerprint density at radius 3 is 2.91 bits per heavy atom. The van der Waals surface area contributed by atoms with Gasteiger partial charge in [-0.05, 0) is 37.2 Å². The maximum Gasteiger partial charge on any atom is 0.180 e. The Labute approximate surface area is 131 Å². The first-order valence-corrected chi connectivity index (χ1v) is 7.40. The summed E-state index contributed by atoms with van der Waals surface area (Å²) in [5.41, 5.74) is 1.93. The van der Waals surface area contributed by atoms with Gasteiger partial charge in [0.2, 0.25) is 0 Å². The number of anilines is 1. The van der Waals surface area contributed by atoms with Gasteiger partial charge in [-0.1, -0.05) is 0 Å². The van der Waals surface area contributed by atoms with Gasteiger partial charge in [0.15, 0.2) is 16.6 Å². The number of aromatic nitrogens is 5. The molecule has 0 spiro atoms. The zero-order valence-corrected chi connectivity index (χ0v) is 12.4. The van der Waals surface area contributed by atoms with Crippen molar-refractivity contribution >= 4 is 34.3 Å². The second kappa shape index (κ2) is 5.30. The molecule has 0 atom stereocenters. The van der Waals surface area contributed by atoms with Crippen LogP contribution in [0.25, 0.3) is 22.7 Å². The number of nitrogens with one attached hydrogen (secondary N) is 3. The van der Waals surface area contributed by atoms with Crippen LogP contribution in [0.15, 0.2) is 30.7 Å². The molecule has 1 aliphatic carbocycles. The average molecular weight is 311 g/mol. The maximum absolute atomic E-state index is 5.25. The van der Waals surface area contributed by atoms with Gasteiger partial charge in [-0.15, -0.1) is 0 Å². The van der Waals surface area contributed by atoms with E-state index in [0.29, 0.717) is 34.1 Å². The number of thiocarbonyl (C=S) groups is 1. The molecule has 0 bridgehead atoms. The number of imidazole rings is 1. The van der Waals surface area contributed by atoms with Crippen LogP contribution in [-0.2, 0) is 0 Å². The molecule has 3 heterocycles. The fraction of sp³-hybridized carbons (Fsp3) is 0.214. The van der Waals surface area contributed by atoms with Crippen LogP contribution < -0.4 is 10.6 Å². The van der Waals surface area contributed by atoms with Gasteiger partial charge in [0, 0.05) is 18.4 Å². The standard InChI is InChI=1S/C14H13N7S/c22-14(18-8-1-2-8)21-11-4-3-9-13(20-11)19-10(7-17-9)12-15-5-6-16-12/h3-8H,1-2H2,(H,15,16)(H2,18,19,20,21,22). The number of nitrogens with zero attached hydrogens (tertiary/aromatic N) is 4. The van der Waals surface area contributed by atoms with E-state index in [9.17, 15) is 0 Å². The molecule has 0 amide bonds. The Bertz CT molecular complexity index is 826. The van der Waals surface area contributed by atoms with Gasteiger partial charge in [-0.25, -0.2) is 15.0 Å². The summed E-state index contributed by atoms with van der Waals surface area (Å²) in [4.78, 5) is 20.5. The first kappa shape index (κ1) is 13.1. The summed E-state index contributed by atoms with van der Waals surface area (Å²) in [7, 11) is 0. The highest BCUT2D eigenvalue weighted by Crippen LogP contribution is 2.19. The maximum atomic E-state index is 5.25. The second-order valence-electron chi connectivity index (χ2n) is 5.10. The summed E-state index contributed by atoms with van der Waals surface area (Å²) in [6.07, 6.45) is 7.44. The van der Waals surface area contributed by atoms with Gasteiger partial charge in [0.05, 0.1) is 6.20 Å². The highest BCUT2D eigenvalue weighted by Gasteiger charge is 2.21. The van der Waals surface area contributed by atoms with Crippen molar-refractivity contribution < 1.29 is 0 Å². The van der Waals surface area contributed by atoms with Crippen molar-refractivity contribution in [2.24, 2.45) is 0 Å². The molecule has 1 saturated carbocycles. The van der Waals surface area contributed by atoms with Crippen molar-refractivity contribution in [3.05, 3.63) is 30.7 Å². The number of H-pyrrole nitrogens is 1. The molecule has 0 aromatic carbocycles. The number of rotatable bonds is 3. The van der Waals surface area contributed by atoms with E-state index in [1.165, 1.54) is 12.8 Å². The minimum absolute atomic E-state index is 0.505. The van der Waals surface area contributed by atoms with Crippen molar-refractivity contribution in [3.63, 3.8) is 0 Å². The van der Waals surface area contributed by atoms with Gasteiger partial charge < -0.3 is 15.6 Å². The molecule has 1 fully saturated rings. The molecular weight excluding hydrogens is 298 g/mol. The Kier molecular flexibility index (Phi) is 3.15. The van der Waals surface area contributed by atoms with Crippen LogP contribution >= 0.6 is 12.2 Å². The lowest BCUT2D eigenvalue weighted by molar-refractivity contribution is 0.918. The van der Waals surface area contributed by atoms with Crippen molar-refractivity contribution in [3.8, 4) is 11.5 Å². The lowest BCUT2D eigenvalue weighted by Crippen LogP contribution is -2.30. The Morgan fingerprint density at radius 1 is 1.23 bits per heavy atom. The second-order valence-corrected chi connectivity index (χ2v) is 5.51. The molecule has 22 heavy (non-hydrogen) atoms. The largest absolute Gasteiger partial charge is 0.360 e. The average Bonchev–Trinajstić information content (AvgIpc) is 3.16. The zero-order valence-electron chi connectivity index (χ0n) is 11.6. The minimum Gasteiger partial charge on any atom is -0.360 e. The lowest BCUT2D eigenvalue weighted by atomic mass is 10.3. The van der Waals surface area contributed by atoms with Crippen LogP contribution in [0.4, 0.5) is 5.82 Å². The van der Waals surface area contributed by atoms with E-state index in [1.54, 1.807) is 18.6 Å². The third-order valence-electron chi connectivity index (χ3n) is 3.30. The van der Waals surface area contributed by atoms with Gasteiger partial charge >= 0.3 is 0 Å². The molecule has 0 unspecified atom stereocenters. The van der Waals surface area contributed by atoms with Gasteiger partial charge in [0.1, 0.15) is 17.0 Å². The van der Waals surface area contributed by atoms with Crippen LogP contribution in [0.3, 0.4) is 0 Å². The summed E-state index contributed by atoms with van der Waals surface area (Å²) in [6.45, 7) is 0. The first-order valence-electron chi connectivity index (χ1n) is 6.99. The fourth-order valence-corrected chi connectivity index (χ4v) is 2.32. The SMILES string of the molecule is S=C(Nc1ccc2ncc(-c3ncc[nH]3)nc2n1)NC1CC1. The quantitative estimate of drug-likeness (QED) is 0.636. The Hall–Kier alpha value is -2.61. The number of fused-ring (bicyclic) bond motifs is 1. The van der Waals surface area contributed by atoms with Crippen molar-refractivity contribution in [2.45, 2.75) is 18.9 Å². The van der Waals surface area contributed by atoms with Crippen molar-refractivity contribution in [2.75, 3.05) is 5.32 Å². The molecular formula is C14H13N7S. The van der Waals surface area contributed by atoms with Crippen LogP contribution in [-0.4, -0.2) is 36.1 Å². The molecule has 8 heteroatoms. The summed E-state index contributed by atoms with van der Waals surface area (Å²) < 4.78 is 0. The van der Waals surface area contributed by atoms with E-state index >= 15 is 0 Å². The van der Waals surface area contributed by atoms with Crippen molar-refractivity contribution in [1.82, 2.24) is 30.2 Å². The predicted molar refractivity (Wildman–Crippen MR) is 87.3 cm³/mol. The number of pyridine rings is 1. The molecule has 110 valence electrons. The van der Waals surface area contributed by atoms with Crippen LogP contribution in [0.5, 0.6) is 0 Å². The number of aromatic amines is 1. The summed E-state index contributed by atoms with van der Waals surface area (Å²) in [5.74, 6) is 1.32. The molecule has 0 saturated heterocycles. The molecule has 7 nitrogen and oxygen atoms in total. The van der Waals surface area contributed by atoms with Crippen LogP contribution in [0, 0.1) is 0 Å². The molecule has 1 aliphatic rings. The van der Waals surface area contributed by atoms with E-state index < -0.39 is 0 Å². The van der Waals surface area contributed by atoms with E-state index in [1.807, 2.05) is 12.1 Å². The Morgan fingerprint density at radius 2 is 2.14 bits per heavy atom. The summed E-state index contributed by atoms with van der Waals surface area (Å²) >= 11 is 5.25. The van der Waals surface area contributed by atoms with Crippen LogP contribution in [0.1, 0.15) is 12.8 Å². The lowest BCUT2D eigenvalue weighted by Gasteiger charge is -2.09. The molecule has 3 aromatic rings. The van der Waals surface area contributed by atoms with E-state index in [-0.39, 0.29) is 0 Å². The summed E-state index contributed by atoms with van der Waals surface area (Å²) in [5, 5.41) is 6.88. The predicted octanol–water partition coefficient (Wildman–Crippen LogP) is 1.86. The van der Waals surface area contributed by atoms with Gasteiger partial charge in [0.25, 0.3) is 0 Å². The third-order valence-corrected chi connectivity index (χ3v) is 3.52. The molecule has 0 aliphatic heterocycles. The minimum atomic E-state index is 0.505. The highest BCUT2D eigenvalue weighted by atomic mass is 32.1. The monoisotopic (exact) mass is 311 g/mol. The van der Waals surface area contributed by atoms with E-state index in [0.717, 1.165) is 5.52 Å². The van der Waals surface area contributed by atoms with Gasteiger partial charge in [-0.3, -0.25) is 4.98 Å². The number of hydrogen-bond donors (Lipinski definition) is 3. The zero-order chi connectivity index (χ0) is 14.9. The molecule has 3 aromatic heterocycles. The van der Waals surface area contributed by atoms with E-state index in [4.69, 9.17) is 12.2 Å². The topological polar surface area (TPSA) is 91.4 Å².